The summed E-state index contributed by atoms with van der Waals surface area (Å²) in [4.78, 5) is 48.8. The van der Waals surface area contributed by atoms with Crippen molar-refractivity contribution in [2.24, 2.45) is 0 Å². The lowest BCUT2D eigenvalue weighted by Gasteiger charge is -2.30. The zero-order valence-electron chi connectivity index (χ0n) is 23.1. The third-order valence-corrected chi connectivity index (χ3v) is 7.68. The van der Waals surface area contributed by atoms with E-state index in [1.165, 1.54) is 23.0 Å². The second-order valence-corrected chi connectivity index (χ2v) is 10.4. The van der Waals surface area contributed by atoms with E-state index in [1.54, 1.807) is 12.1 Å². The van der Waals surface area contributed by atoms with Crippen molar-refractivity contribution in [3.8, 4) is 11.5 Å². The van der Waals surface area contributed by atoms with Gasteiger partial charge in [0, 0.05) is 56.4 Å². The van der Waals surface area contributed by atoms with Crippen LogP contribution in [0.25, 0.3) is 21.8 Å². The van der Waals surface area contributed by atoms with E-state index in [1.807, 2.05) is 16.4 Å². The number of aromatic nitrogens is 3. The number of nitrogens with zero attached hydrogens (tertiary/aromatic N) is 4. The molecule has 0 bridgehead atoms. The number of piperazine rings is 1. The van der Waals surface area contributed by atoms with E-state index in [0.717, 1.165) is 25.9 Å². The van der Waals surface area contributed by atoms with Gasteiger partial charge in [0.15, 0.2) is 11.5 Å². The number of carbonyl (C=O) groups is 2. The summed E-state index contributed by atoms with van der Waals surface area (Å²) in [6.07, 6.45) is 3.29. The van der Waals surface area contributed by atoms with Crippen molar-refractivity contribution in [3.63, 3.8) is 0 Å². The zero-order chi connectivity index (χ0) is 30.4. The van der Waals surface area contributed by atoms with Gasteiger partial charge in [-0.2, -0.15) is 5.10 Å². The molecule has 7 rings (SSSR count). The van der Waals surface area contributed by atoms with Gasteiger partial charge in [-0.25, -0.2) is 14.0 Å². The molecule has 224 valence electrons. The van der Waals surface area contributed by atoms with Crippen LogP contribution in [0.1, 0.15) is 46.7 Å². The van der Waals surface area contributed by atoms with Crippen LogP contribution in [0.4, 0.5) is 10.1 Å². The van der Waals surface area contributed by atoms with E-state index in [2.05, 4.69) is 10.4 Å². The lowest BCUT2D eigenvalue weighted by atomic mass is 10.1. The minimum Gasteiger partial charge on any atom is -0.477 e. The first-order valence-corrected chi connectivity index (χ1v) is 13.8. The quantitative estimate of drug-likeness (QED) is 0.311. The van der Waals surface area contributed by atoms with Crippen LogP contribution in [0.15, 0.2) is 40.1 Å². The molecule has 2 aliphatic heterocycles. The SMILES string of the molecule is CCn1nc(C(=O)O)c(=O)c2cc3c(cc21)OCO3.O=C(O)c1cn(C2CC2)c2cc(N3CCNCC3)c(F)cc2c1=O. The number of anilines is 1. The molecule has 3 aliphatic rings. The summed E-state index contributed by atoms with van der Waals surface area (Å²) in [6.45, 7) is 5.30. The molecule has 0 radical (unpaired) electrons. The summed E-state index contributed by atoms with van der Waals surface area (Å²) >= 11 is 0. The molecule has 1 aliphatic carbocycles. The number of hydrogen-bond donors (Lipinski definition) is 3. The summed E-state index contributed by atoms with van der Waals surface area (Å²) in [5.41, 5.74) is -0.423. The molecule has 4 aromatic rings. The largest absolute Gasteiger partial charge is 0.477 e. The standard InChI is InChI=1S/C17H18FN3O3.C12H10N2O5/c18-13-7-11-14(8-15(13)20-5-3-19-4-6-20)21(10-1-2-10)9-12(16(11)22)17(23)24;1-2-14-7-4-9-8(18-5-19-9)3-6(7)11(15)10(13-14)12(16)17/h7-10,19H,1-6H2,(H,23,24);3-4H,2,5H2,1H3,(H,16,17). The summed E-state index contributed by atoms with van der Waals surface area (Å²) in [7, 11) is 0. The first-order chi connectivity index (χ1) is 20.7. The van der Waals surface area contributed by atoms with Crippen molar-refractivity contribution in [2.45, 2.75) is 32.4 Å². The monoisotopic (exact) mass is 593 g/mol. The Bertz CT molecular complexity index is 1910. The number of benzene rings is 2. The Labute approximate surface area is 242 Å². The molecule has 2 aromatic carbocycles. The minimum atomic E-state index is -1.34. The Morgan fingerprint density at radius 1 is 0.977 bits per heavy atom. The maximum atomic E-state index is 14.6. The van der Waals surface area contributed by atoms with Crippen molar-refractivity contribution in [1.29, 1.82) is 0 Å². The fourth-order valence-electron chi connectivity index (χ4n) is 5.37. The highest BCUT2D eigenvalue weighted by Gasteiger charge is 2.28. The van der Waals surface area contributed by atoms with Gasteiger partial charge in [0.05, 0.1) is 22.1 Å². The molecule has 0 amide bonds. The molecule has 4 heterocycles. The number of ether oxygens (including phenoxy) is 2. The number of carboxylic acids is 2. The number of halogens is 1. The van der Waals surface area contributed by atoms with Gasteiger partial charge in [0.1, 0.15) is 11.4 Å². The van der Waals surface area contributed by atoms with Gasteiger partial charge in [-0.15, -0.1) is 0 Å². The number of rotatable bonds is 5. The highest BCUT2D eigenvalue weighted by molar-refractivity contribution is 5.94. The van der Waals surface area contributed by atoms with E-state index in [9.17, 15) is 28.7 Å². The first-order valence-electron chi connectivity index (χ1n) is 13.8. The maximum Gasteiger partial charge on any atom is 0.360 e. The maximum absolute atomic E-state index is 14.6. The molecular formula is C29H28FN5O8. The Balaban J connectivity index is 0.000000157. The number of carboxylic acid groups (broad SMARTS) is 2. The summed E-state index contributed by atoms with van der Waals surface area (Å²) in [6, 6.07) is 6.22. The van der Waals surface area contributed by atoms with Crippen molar-refractivity contribution in [3.05, 3.63) is 68.0 Å². The molecule has 2 fully saturated rings. The lowest BCUT2D eigenvalue weighted by Crippen LogP contribution is -2.43. The van der Waals surface area contributed by atoms with Gasteiger partial charge < -0.3 is 34.5 Å². The highest BCUT2D eigenvalue weighted by atomic mass is 19.1. The molecular weight excluding hydrogens is 565 g/mol. The molecule has 43 heavy (non-hydrogen) atoms. The van der Waals surface area contributed by atoms with E-state index >= 15 is 0 Å². The van der Waals surface area contributed by atoms with Crippen LogP contribution in [-0.2, 0) is 6.54 Å². The Morgan fingerprint density at radius 3 is 2.28 bits per heavy atom. The van der Waals surface area contributed by atoms with Crippen molar-refractivity contribution >= 4 is 39.4 Å². The van der Waals surface area contributed by atoms with Gasteiger partial charge in [0.25, 0.3) is 0 Å². The fourth-order valence-corrected chi connectivity index (χ4v) is 5.37. The topological polar surface area (TPSA) is 165 Å². The zero-order valence-corrected chi connectivity index (χ0v) is 23.1. The van der Waals surface area contributed by atoms with Crippen LogP contribution < -0.4 is 30.5 Å². The van der Waals surface area contributed by atoms with E-state index in [4.69, 9.17) is 14.6 Å². The first kappa shape index (κ1) is 28.2. The molecule has 0 atom stereocenters. The van der Waals surface area contributed by atoms with Crippen LogP contribution in [0.2, 0.25) is 0 Å². The van der Waals surface area contributed by atoms with Crippen LogP contribution in [0.3, 0.4) is 0 Å². The Kier molecular flexibility index (Phi) is 7.22. The number of hydrogen-bond acceptors (Lipinski definition) is 9. The van der Waals surface area contributed by atoms with Gasteiger partial charge in [-0.05, 0) is 38.0 Å². The second kappa shape index (κ2) is 11.0. The number of fused-ring (bicyclic) bond motifs is 3. The van der Waals surface area contributed by atoms with Crippen molar-refractivity contribution in [2.75, 3.05) is 37.9 Å². The molecule has 1 saturated carbocycles. The van der Waals surface area contributed by atoms with E-state index < -0.39 is 34.3 Å². The number of nitrogens with one attached hydrogen (secondary N) is 1. The molecule has 0 spiro atoms. The number of aromatic carboxylic acids is 2. The summed E-state index contributed by atoms with van der Waals surface area (Å²) in [5.74, 6) is -2.13. The van der Waals surface area contributed by atoms with Crippen LogP contribution in [-0.4, -0.2) is 69.5 Å². The van der Waals surface area contributed by atoms with Crippen LogP contribution in [0.5, 0.6) is 11.5 Å². The summed E-state index contributed by atoms with van der Waals surface area (Å²) < 4.78 is 28.3. The van der Waals surface area contributed by atoms with Crippen molar-refractivity contribution < 1.29 is 33.7 Å². The Morgan fingerprint density at radius 2 is 1.65 bits per heavy atom. The number of aryl methyl sites for hydroxylation is 1. The number of pyridine rings is 1. The van der Waals surface area contributed by atoms with E-state index in [-0.39, 0.29) is 29.2 Å². The fraction of sp³-hybridized carbons (Fsp3) is 0.345. The van der Waals surface area contributed by atoms with E-state index in [0.29, 0.717) is 47.9 Å². The molecule has 0 unspecified atom stereocenters. The van der Waals surface area contributed by atoms with Crippen LogP contribution in [0, 0.1) is 5.82 Å². The lowest BCUT2D eigenvalue weighted by molar-refractivity contribution is 0.0679. The summed E-state index contributed by atoms with van der Waals surface area (Å²) in [5, 5.41) is 25.7. The molecule has 13 nitrogen and oxygen atoms in total. The normalized spacial score (nSPS) is 15.8. The van der Waals surface area contributed by atoms with Crippen LogP contribution >= 0.6 is 0 Å². The molecule has 1 saturated heterocycles. The molecule has 14 heteroatoms. The predicted molar refractivity (Wildman–Crippen MR) is 153 cm³/mol. The minimum absolute atomic E-state index is 0.0885. The van der Waals surface area contributed by atoms with Gasteiger partial charge in [0.2, 0.25) is 23.3 Å². The third kappa shape index (κ3) is 5.14. The molecule has 3 N–H and O–H groups in total. The highest BCUT2D eigenvalue weighted by Crippen LogP contribution is 2.38. The average Bonchev–Trinajstić information content (AvgIpc) is 3.74. The second-order valence-electron chi connectivity index (χ2n) is 10.4. The predicted octanol–water partition coefficient (Wildman–Crippen LogP) is 2.43. The van der Waals surface area contributed by atoms with Gasteiger partial charge in [-0.1, -0.05) is 0 Å². The smallest absolute Gasteiger partial charge is 0.360 e. The third-order valence-electron chi connectivity index (χ3n) is 7.68. The Hall–Kier alpha value is -4.98. The van der Waals surface area contributed by atoms with Crippen molar-refractivity contribution in [1.82, 2.24) is 19.7 Å². The molecule has 2 aromatic heterocycles. The average molecular weight is 594 g/mol. The van der Waals surface area contributed by atoms with Gasteiger partial charge >= 0.3 is 11.9 Å². The van der Waals surface area contributed by atoms with Gasteiger partial charge in [-0.3, -0.25) is 14.3 Å².